The zero-order valence-electron chi connectivity index (χ0n) is 11.1. The molecule has 0 unspecified atom stereocenters. The van der Waals surface area contributed by atoms with E-state index in [1.165, 1.54) is 25.6 Å². The number of nitrogens with one attached hydrogen (secondary N) is 1. The Bertz CT molecular complexity index is 621. The lowest BCUT2D eigenvalue weighted by atomic mass is 10.3. The molecule has 20 heavy (non-hydrogen) atoms. The highest BCUT2D eigenvalue weighted by Crippen LogP contribution is 2.32. The summed E-state index contributed by atoms with van der Waals surface area (Å²) in [4.78, 5) is 24.2. The van der Waals surface area contributed by atoms with Gasteiger partial charge in [-0.1, -0.05) is 11.3 Å². The van der Waals surface area contributed by atoms with Gasteiger partial charge in [0.15, 0.2) is 11.0 Å². The van der Waals surface area contributed by atoms with Gasteiger partial charge in [-0.25, -0.2) is 9.78 Å². The summed E-state index contributed by atoms with van der Waals surface area (Å²) >= 11 is 1.22. The third-order valence-corrected chi connectivity index (χ3v) is 3.40. The average molecular weight is 295 g/mol. The largest absolute Gasteiger partial charge is 0.481 e. The second-order valence-corrected chi connectivity index (χ2v) is 4.70. The Kier molecular flexibility index (Phi) is 3.99. The van der Waals surface area contributed by atoms with Crippen molar-refractivity contribution in [2.45, 2.75) is 6.92 Å². The van der Waals surface area contributed by atoms with E-state index < -0.39 is 6.03 Å². The Morgan fingerprint density at radius 3 is 2.35 bits per heavy atom. The third kappa shape index (κ3) is 2.94. The van der Waals surface area contributed by atoms with Crippen LogP contribution in [0.3, 0.4) is 0 Å². The molecule has 0 atom stereocenters. The first-order valence-corrected chi connectivity index (χ1v) is 6.36. The van der Waals surface area contributed by atoms with E-state index in [1.807, 2.05) is 0 Å². The highest BCUT2D eigenvalue weighted by Gasteiger charge is 2.15. The van der Waals surface area contributed by atoms with Gasteiger partial charge < -0.3 is 15.2 Å². The number of aromatic nitrogens is 3. The van der Waals surface area contributed by atoms with Crippen molar-refractivity contribution in [3.05, 3.63) is 11.8 Å². The molecule has 0 bridgehead atoms. The average Bonchev–Trinajstić information content (AvgIpc) is 2.78. The number of thiazole rings is 1. The Labute approximate surface area is 119 Å². The zero-order valence-corrected chi connectivity index (χ0v) is 11.9. The SMILES string of the molecule is COc1cc(OC)nc(-c2sc(NC(N)=O)nc2C)n1. The van der Waals surface area contributed by atoms with Crippen LogP contribution in [0, 0.1) is 6.92 Å². The van der Waals surface area contributed by atoms with Crippen molar-refractivity contribution in [2.24, 2.45) is 5.73 Å². The first-order chi connectivity index (χ1) is 9.53. The normalized spacial score (nSPS) is 10.2. The number of nitrogens with zero attached hydrogens (tertiary/aromatic N) is 3. The van der Waals surface area contributed by atoms with E-state index in [4.69, 9.17) is 15.2 Å². The van der Waals surface area contributed by atoms with Gasteiger partial charge in [-0.15, -0.1) is 0 Å². The smallest absolute Gasteiger partial charge is 0.318 e. The van der Waals surface area contributed by atoms with Crippen molar-refractivity contribution < 1.29 is 14.3 Å². The number of aryl methyl sites for hydroxylation is 1. The number of carbonyl (C=O) groups excluding carboxylic acids is 1. The lowest BCUT2D eigenvalue weighted by Crippen LogP contribution is -2.18. The number of carbonyl (C=O) groups is 1. The van der Waals surface area contributed by atoms with Gasteiger partial charge in [-0.3, -0.25) is 5.32 Å². The lowest BCUT2D eigenvalue weighted by Gasteiger charge is -2.05. The maximum atomic E-state index is 10.8. The van der Waals surface area contributed by atoms with Gasteiger partial charge in [-0.2, -0.15) is 9.97 Å². The van der Waals surface area contributed by atoms with E-state index in [0.717, 1.165) is 0 Å². The van der Waals surface area contributed by atoms with Crippen molar-refractivity contribution in [2.75, 3.05) is 19.5 Å². The van der Waals surface area contributed by atoms with Crippen LogP contribution in [0.5, 0.6) is 11.8 Å². The van der Waals surface area contributed by atoms with Crippen LogP contribution in [-0.4, -0.2) is 35.2 Å². The number of methoxy groups -OCH3 is 2. The summed E-state index contributed by atoms with van der Waals surface area (Å²) in [5.74, 6) is 1.17. The number of ether oxygens (including phenoxy) is 2. The molecule has 8 nitrogen and oxygen atoms in total. The molecule has 0 aromatic carbocycles. The molecule has 0 saturated carbocycles. The molecule has 9 heteroatoms. The van der Waals surface area contributed by atoms with E-state index in [-0.39, 0.29) is 0 Å². The number of hydrogen-bond donors (Lipinski definition) is 2. The monoisotopic (exact) mass is 295 g/mol. The minimum absolute atomic E-state index is 0.379. The highest BCUT2D eigenvalue weighted by atomic mass is 32.1. The van der Waals surface area contributed by atoms with Gasteiger partial charge >= 0.3 is 6.03 Å². The van der Waals surface area contributed by atoms with E-state index in [2.05, 4.69) is 20.3 Å². The Morgan fingerprint density at radius 2 is 1.85 bits per heavy atom. The maximum Gasteiger partial charge on any atom is 0.318 e. The zero-order chi connectivity index (χ0) is 14.7. The van der Waals surface area contributed by atoms with Crippen molar-refractivity contribution in [1.82, 2.24) is 15.0 Å². The minimum Gasteiger partial charge on any atom is -0.481 e. The molecule has 2 rings (SSSR count). The molecule has 0 aliphatic rings. The second kappa shape index (κ2) is 5.70. The van der Waals surface area contributed by atoms with Gasteiger partial charge in [0.25, 0.3) is 0 Å². The Morgan fingerprint density at radius 1 is 1.25 bits per heavy atom. The lowest BCUT2D eigenvalue weighted by molar-refractivity contribution is 0.259. The van der Waals surface area contributed by atoms with Crippen LogP contribution in [0.25, 0.3) is 10.7 Å². The number of primary amides is 1. The van der Waals surface area contributed by atoms with Crippen molar-refractivity contribution in [1.29, 1.82) is 0 Å². The first kappa shape index (κ1) is 14.0. The standard InChI is InChI=1S/C11H13N5O3S/c1-5-8(20-11(13-5)16-10(12)17)9-14-6(18-2)4-7(15-9)19-3/h4H,1-3H3,(H3,12,13,16,17). The first-order valence-electron chi connectivity index (χ1n) is 5.54. The summed E-state index contributed by atoms with van der Waals surface area (Å²) in [5, 5.41) is 2.81. The molecule has 2 amide bonds. The molecule has 106 valence electrons. The minimum atomic E-state index is -0.672. The van der Waals surface area contributed by atoms with Crippen LogP contribution in [0.15, 0.2) is 6.07 Å². The molecule has 2 heterocycles. The predicted molar refractivity (Wildman–Crippen MR) is 74.2 cm³/mol. The van der Waals surface area contributed by atoms with E-state index in [1.54, 1.807) is 13.0 Å². The van der Waals surface area contributed by atoms with Crippen molar-refractivity contribution in [3.8, 4) is 22.5 Å². The maximum absolute atomic E-state index is 10.8. The number of urea groups is 1. The third-order valence-electron chi connectivity index (χ3n) is 2.33. The molecule has 0 saturated heterocycles. The highest BCUT2D eigenvalue weighted by molar-refractivity contribution is 7.19. The molecule has 0 radical (unpaired) electrons. The molecule has 2 aromatic heterocycles. The van der Waals surface area contributed by atoms with Crippen LogP contribution in [-0.2, 0) is 0 Å². The second-order valence-electron chi connectivity index (χ2n) is 3.70. The van der Waals surface area contributed by atoms with Crippen LogP contribution in [0.4, 0.5) is 9.93 Å². The molecular weight excluding hydrogens is 282 g/mol. The number of anilines is 1. The summed E-state index contributed by atoms with van der Waals surface area (Å²) in [6, 6.07) is 0.900. The Balaban J connectivity index is 2.45. The topological polar surface area (TPSA) is 112 Å². The van der Waals surface area contributed by atoms with Gasteiger partial charge in [0.1, 0.15) is 0 Å². The van der Waals surface area contributed by atoms with E-state index >= 15 is 0 Å². The van der Waals surface area contributed by atoms with E-state index in [0.29, 0.717) is 33.3 Å². The van der Waals surface area contributed by atoms with Crippen LogP contribution >= 0.6 is 11.3 Å². The molecule has 0 aliphatic carbocycles. The van der Waals surface area contributed by atoms with Crippen LogP contribution < -0.4 is 20.5 Å². The van der Waals surface area contributed by atoms with Crippen molar-refractivity contribution in [3.63, 3.8) is 0 Å². The fraction of sp³-hybridized carbons (Fsp3) is 0.273. The van der Waals surface area contributed by atoms with Gasteiger partial charge in [0.2, 0.25) is 11.8 Å². The van der Waals surface area contributed by atoms with E-state index in [9.17, 15) is 4.79 Å². The van der Waals surface area contributed by atoms with Crippen molar-refractivity contribution >= 4 is 22.5 Å². The van der Waals surface area contributed by atoms with Gasteiger partial charge in [0.05, 0.1) is 30.9 Å². The molecule has 2 aromatic rings. The number of rotatable bonds is 4. The summed E-state index contributed by atoms with van der Waals surface area (Å²) in [6.07, 6.45) is 0. The van der Waals surface area contributed by atoms with Crippen LogP contribution in [0.2, 0.25) is 0 Å². The summed E-state index contributed by atoms with van der Waals surface area (Å²) in [6.45, 7) is 1.79. The van der Waals surface area contributed by atoms with Gasteiger partial charge in [0, 0.05) is 0 Å². The number of amides is 2. The summed E-state index contributed by atoms with van der Waals surface area (Å²) in [7, 11) is 3.01. The molecule has 3 N–H and O–H groups in total. The van der Waals surface area contributed by atoms with Gasteiger partial charge in [-0.05, 0) is 6.92 Å². The summed E-state index contributed by atoms with van der Waals surface area (Å²) < 4.78 is 10.2. The fourth-order valence-electron chi connectivity index (χ4n) is 1.48. The molecule has 0 spiro atoms. The van der Waals surface area contributed by atoms with Crippen LogP contribution in [0.1, 0.15) is 5.69 Å². The number of nitrogens with two attached hydrogens (primary N) is 1. The molecule has 0 aliphatic heterocycles. The Hall–Kier alpha value is -2.42. The predicted octanol–water partition coefficient (Wildman–Crippen LogP) is 1.42. The molecular formula is C11H13N5O3S. The summed E-state index contributed by atoms with van der Waals surface area (Å²) in [5.41, 5.74) is 5.73. The number of hydrogen-bond acceptors (Lipinski definition) is 7. The fourth-order valence-corrected chi connectivity index (χ4v) is 2.38. The molecule has 0 fully saturated rings. The quantitative estimate of drug-likeness (QED) is 0.882.